The average Bonchev–Trinajstić information content (AvgIpc) is 2.75. The van der Waals surface area contributed by atoms with Crippen molar-refractivity contribution in [1.82, 2.24) is 15.4 Å². The molecule has 1 heterocycles. The molecule has 1 aromatic heterocycles. The van der Waals surface area contributed by atoms with E-state index in [0.717, 1.165) is 6.07 Å². The topological polar surface area (TPSA) is 102 Å². The zero-order valence-corrected chi connectivity index (χ0v) is 17.0. The number of hydrogen-bond donors (Lipinski definition) is 2. The summed E-state index contributed by atoms with van der Waals surface area (Å²) in [5, 5.41) is 1.99. The number of benzene rings is 2. The van der Waals surface area contributed by atoms with E-state index in [1.165, 1.54) is 49.7 Å². The Kier molecular flexibility index (Phi) is 6.91. The molecular weight excluding hydrogens is 453 g/mol. The van der Waals surface area contributed by atoms with E-state index in [1.54, 1.807) is 0 Å². The number of nitrogens with zero attached hydrogens (tertiary/aromatic N) is 2. The first kappa shape index (κ1) is 23.0. The maximum atomic E-state index is 13.0. The average molecular weight is 467 g/mol. The van der Waals surface area contributed by atoms with Gasteiger partial charge in [0.2, 0.25) is 11.7 Å². The summed E-state index contributed by atoms with van der Waals surface area (Å²) in [5.41, 5.74) is 1.09. The molecule has 2 N–H and O–H groups in total. The van der Waals surface area contributed by atoms with Crippen molar-refractivity contribution in [1.29, 1.82) is 0 Å². The highest BCUT2D eigenvalue weighted by Crippen LogP contribution is 2.35. The van der Waals surface area contributed by atoms with Gasteiger partial charge in [-0.15, -0.1) is 0 Å². The predicted molar refractivity (Wildman–Crippen MR) is 107 cm³/mol. The number of carbonyl (C=O) groups is 2. The quantitative estimate of drug-likeness (QED) is 0.519. The zero-order valence-electron chi connectivity index (χ0n) is 16.2. The van der Waals surface area contributed by atoms with Crippen LogP contribution < -0.4 is 15.5 Å². The number of hydroxylamine groups is 1. The summed E-state index contributed by atoms with van der Waals surface area (Å²) in [6, 6.07) is 10.3. The molecule has 32 heavy (non-hydrogen) atoms. The lowest BCUT2D eigenvalue weighted by atomic mass is 10.1. The summed E-state index contributed by atoms with van der Waals surface area (Å²) < 4.78 is 44.5. The number of hydrogen-bond acceptors (Lipinski definition) is 6. The van der Waals surface area contributed by atoms with Crippen LogP contribution in [-0.2, 0) is 11.0 Å². The van der Waals surface area contributed by atoms with Crippen LogP contribution in [0, 0.1) is 0 Å². The second kappa shape index (κ2) is 9.62. The molecule has 3 rings (SSSR count). The summed E-state index contributed by atoms with van der Waals surface area (Å²) in [6.45, 7) is 0. The highest BCUT2D eigenvalue weighted by Gasteiger charge is 2.33. The van der Waals surface area contributed by atoms with Crippen LogP contribution in [0.2, 0.25) is 5.02 Å². The zero-order chi connectivity index (χ0) is 23.3. The van der Waals surface area contributed by atoms with Gasteiger partial charge in [-0.25, -0.2) is 10.5 Å². The second-order valence-electron chi connectivity index (χ2n) is 6.13. The molecule has 0 fully saturated rings. The van der Waals surface area contributed by atoms with Crippen LogP contribution in [0.5, 0.6) is 11.6 Å². The van der Waals surface area contributed by atoms with Gasteiger partial charge in [0.05, 0.1) is 17.7 Å². The van der Waals surface area contributed by atoms with E-state index in [4.69, 9.17) is 16.3 Å². The number of nitrogens with one attached hydrogen (secondary N) is 2. The molecule has 0 aliphatic rings. The number of halogens is 4. The number of ether oxygens (including phenoxy) is 1. The highest BCUT2D eigenvalue weighted by atomic mass is 35.5. The Morgan fingerprint density at radius 2 is 1.75 bits per heavy atom. The van der Waals surface area contributed by atoms with Gasteiger partial charge in [-0.3, -0.25) is 14.4 Å². The number of alkyl halides is 3. The van der Waals surface area contributed by atoms with Gasteiger partial charge >= 0.3 is 12.1 Å². The fourth-order valence-electron chi connectivity index (χ4n) is 2.46. The van der Waals surface area contributed by atoms with Crippen LogP contribution >= 0.6 is 11.6 Å². The summed E-state index contributed by atoms with van der Waals surface area (Å²) in [5.74, 6) is -1.17. The molecular formula is C20H14ClF3N4O4. The molecule has 0 unspecified atom stereocenters. The molecule has 2 amide bonds. The van der Waals surface area contributed by atoms with Crippen molar-refractivity contribution in [2.75, 3.05) is 12.4 Å². The van der Waals surface area contributed by atoms with Gasteiger partial charge in [0, 0.05) is 23.5 Å². The molecule has 0 spiro atoms. The predicted octanol–water partition coefficient (Wildman–Crippen LogP) is 4.48. The van der Waals surface area contributed by atoms with Gasteiger partial charge < -0.3 is 10.1 Å². The molecule has 0 aliphatic carbocycles. The highest BCUT2D eigenvalue weighted by molar-refractivity contribution is 6.31. The van der Waals surface area contributed by atoms with Crippen LogP contribution in [0.15, 0.2) is 54.7 Å². The summed E-state index contributed by atoms with van der Waals surface area (Å²) in [6.07, 6.45) is -3.36. The lowest BCUT2D eigenvalue weighted by Gasteiger charge is -2.11. The van der Waals surface area contributed by atoms with E-state index in [-0.39, 0.29) is 17.3 Å². The molecule has 0 saturated heterocycles. The Labute approximate surface area is 184 Å². The normalized spacial score (nSPS) is 11.0. The van der Waals surface area contributed by atoms with Crippen LogP contribution in [0.25, 0.3) is 0 Å². The van der Waals surface area contributed by atoms with Crippen molar-refractivity contribution in [2.24, 2.45) is 0 Å². The van der Waals surface area contributed by atoms with Gasteiger partial charge in [-0.2, -0.15) is 18.2 Å². The fourth-order valence-corrected chi connectivity index (χ4v) is 2.69. The molecule has 0 bridgehead atoms. The molecule has 2 aromatic carbocycles. The second-order valence-corrected chi connectivity index (χ2v) is 6.53. The Balaban J connectivity index is 1.68. The van der Waals surface area contributed by atoms with Gasteiger partial charge in [0.25, 0.3) is 5.91 Å². The number of rotatable bonds is 6. The molecule has 0 atom stereocenters. The SMILES string of the molecule is CONC(=O)c1nccc(Oc2ccc(NC(=O)c3ccc(Cl)c(C(F)(F)F)c3)cc2)n1. The van der Waals surface area contributed by atoms with E-state index < -0.39 is 28.6 Å². The van der Waals surface area contributed by atoms with Gasteiger partial charge in [-0.05, 0) is 42.5 Å². The maximum absolute atomic E-state index is 13.0. The van der Waals surface area contributed by atoms with E-state index >= 15 is 0 Å². The molecule has 0 radical (unpaired) electrons. The van der Waals surface area contributed by atoms with Crippen molar-refractivity contribution in [2.45, 2.75) is 6.18 Å². The Morgan fingerprint density at radius 3 is 2.41 bits per heavy atom. The first-order valence-corrected chi connectivity index (χ1v) is 9.17. The lowest BCUT2D eigenvalue weighted by Crippen LogP contribution is -2.24. The van der Waals surface area contributed by atoms with E-state index in [0.29, 0.717) is 17.5 Å². The van der Waals surface area contributed by atoms with E-state index in [1.807, 2.05) is 0 Å². The Morgan fingerprint density at radius 1 is 1.03 bits per heavy atom. The summed E-state index contributed by atoms with van der Waals surface area (Å²) >= 11 is 5.57. The first-order valence-electron chi connectivity index (χ1n) is 8.80. The van der Waals surface area contributed by atoms with Gasteiger partial charge in [0.15, 0.2) is 0 Å². The molecule has 0 saturated carbocycles. The number of carbonyl (C=O) groups excluding carboxylic acids is 2. The standard InChI is InChI=1S/C20H14ClF3N4O4/c1-31-28-19(30)17-25-9-8-16(27-17)32-13-5-3-12(4-6-13)26-18(29)11-2-7-15(21)14(10-11)20(22,23)24/h2-10H,1H3,(H,26,29)(H,28,30). The molecule has 0 aliphatic heterocycles. The smallest absolute Gasteiger partial charge is 0.417 e. The lowest BCUT2D eigenvalue weighted by molar-refractivity contribution is -0.137. The molecule has 8 nitrogen and oxygen atoms in total. The minimum atomic E-state index is -4.68. The first-order chi connectivity index (χ1) is 15.2. The van der Waals surface area contributed by atoms with Crippen molar-refractivity contribution < 1.29 is 32.3 Å². The van der Waals surface area contributed by atoms with E-state index in [9.17, 15) is 22.8 Å². The minimum Gasteiger partial charge on any atom is -0.439 e. The summed E-state index contributed by atoms with van der Waals surface area (Å²) in [7, 11) is 1.26. The third-order valence-corrected chi connectivity index (χ3v) is 4.23. The molecule has 12 heteroatoms. The Hall–Kier alpha value is -3.70. The van der Waals surface area contributed by atoms with Crippen molar-refractivity contribution in [3.63, 3.8) is 0 Å². The van der Waals surface area contributed by atoms with Crippen molar-refractivity contribution in [3.05, 3.63) is 76.7 Å². The van der Waals surface area contributed by atoms with Crippen LogP contribution in [0.1, 0.15) is 26.5 Å². The maximum Gasteiger partial charge on any atom is 0.417 e. The summed E-state index contributed by atoms with van der Waals surface area (Å²) in [4.78, 5) is 36.2. The van der Waals surface area contributed by atoms with Crippen molar-refractivity contribution >= 4 is 29.1 Å². The molecule has 3 aromatic rings. The fraction of sp³-hybridized carbons (Fsp3) is 0.100. The van der Waals surface area contributed by atoms with E-state index in [2.05, 4.69) is 25.6 Å². The number of anilines is 1. The van der Waals surface area contributed by atoms with Gasteiger partial charge in [0.1, 0.15) is 5.75 Å². The third-order valence-electron chi connectivity index (χ3n) is 3.90. The largest absolute Gasteiger partial charge is 0.439 e. The van der Waals surface area contributed by atoms with Crippen LogP contribution in [0.4, 0.5) is 18.9 Å². The van der Waals surface area contributed by atoms with Gasteiger partial charge in [-0.1, -0.05) is 11.6 Å². The number of aromatic nitrogens is 2. The van der Waals surface area contributed by atoms with Crippen LogP contribution in [0.3, 0.4) is 0 Å². The molecule has 166 valence electrons. The third kappa shape index (κ3) is 5.71. The Bertz CT molecular complexity index is 1140. The van der Waals surface area contributed by atoms with Crippen molar-refractivity contribution in [3.8, 4) is 11.6 Å². The monoisotopic (exact) mass is 466 g/mol. The van der Waals surface area contributed by atoms with Crippen LogP contribution in [-0.4, -0.2) is 28.9 Å². The minimum absolute atomic E-state index is 0.0823. The number of amides is 2.